The van der Waals surface area contributed by atoms with Crippen molar-refractivity contribution in [2.24, 2.45) is 0 Å². The van der Waals surface area contributed by atoms with Gasteiger partial charge in [-0.15, -0.1) is 6.42 Å². The summed E-state index contributed by atoms with van der Waals surface area (Å²) >= 11 is 0. The summed E-state index contributed by atoms with van der Waals surface area (Å²) in [4.78, 5) is 9.77. The summed E-state index contributed by atoms with van der Waals surface area (Å²) in [5.74, 6) is -1.21. The van der Waals surface area contributed by atoms with E-state index in [4.69, 9.17) is 5.11 Å². The van der Waals surface area contributed by atoms with Gasteiger partial charge in [0, 0.05) is 0 Å². The highest BCUT2D eigenvalue weighted by molar-refractivity contribution is 7.88. The summed E-state index contributed by atoms with van der Waals surface area (Å²) in [5.41, 5.74) is 0. The molecule has 0 aliphatic heterocycles. The summed E-state index contributed by atoms with van der Waals surface area (Å²) in [5, 5.41) is 2.83. The Hall–Kier alpha value is -1.20. The summed E-state index contributed by atoms with van der Waals surface area (Å²) in [6.07, 6.45) is 4.52. The van der Waals surface area contributed by atoms with Gasteiger partial charge in [-0.3, -0.25) is 4.18 Å². The first kappa shape index (κ1) is 11.8. The molecule has 5 nitrogen and oxygen atoms in total. The normalized spacial score (nSPS) is 12.1. The van der Waals surface area contributed by atoms with Crippen molar-refractivity contribution < 1.29 is 31.3 Å². The Kier molecular flexibility index (Phi) is 3.34. The zero-order chi connectivity index (χ0) is 10.7. The maximum atomic E-state index is 12.3. The van der Waals surface area contributed by atoms with Crippen molar-refractivity contribution in [1.29, 1.82) is 0 Å². The molecule has 1 N–H and O–H groups in total. The third kappa shape index (κ3) is 2.37. The lowest BCUT2D eigenvalue weighted by molar-refractivity contribution is -0.154. The van der Waals surface area contributed by atoms with Gasteiger partial charge >= 0.3 is 21.3 Å². The van der Waals surface area contributed by atoms with E-state index in [2.05, 4.69) is 10.6 Å². The van der Waals surface area contributed by atoms with Gasteiger partial charge in [0.1, 0.15) is 6.61 Å². The van der Waals surface area contributed by atoms with Crippen molar-refractivity contribution in [3.05, 3.63) is 0 Å². The second-order valence-corrected chi connectivity index (χ2v) is 3.40. The van der Waals surface area contributed by atoms with Crippen LogP contribution in [0.25, 0.3) is 0 Å². The van der Waals surface area contributed by atoms with E-state index in [1.807, 2.05) is 0 Å². The molecule has 0 aromatic rings. The standard InChI is InChI=1S/C5H4F2O5S/c1-2-3-12-13(10,11)5(6,7)4(8)9/h1H,3H2,(H,8,9). The number of halogens is 2. The fourth-order valence-electron chi connectivity index (χ4n) is 0.293. The van der Waals surface area contributed by atoms with Crippen LogP contribution in [-0.2, 0) is 19.1 Å². The predicted octanol–water partition coefficient (Wildman–Crippen LogP) is -0.357. The number of aliphatic carboxylic acids is 1. The van der Waals surface area contributed by atoms with Gasteiger partial charge in [0.05, 0.1) is 0 Å². The van der Waals surface area contributed by atoms with Crippen LogP contribution >= 0.6 is 0 Å². The number of carbonyl (C=O) groups is 1. The Morgan fingerprint density at radius 1 is 1.62 bits per heavy atom. The Bertz CT molecular complexity index is 338. The lowest BCUT2D eigenvalue weighted by Gasteiger charge is -2.09. The molecule has 74 valence electrons. The lowest BCUT2D eigenvalue weighted by Crippen LogP contribution is -2.38. The van der Waals surface area contributed by atoms with Gasteiger partial charge in [0.15, 0.2) is 0 Å². The maximum absolute atomic E-state index is 12.3. The Morgan fingerprint density at radius 3 is 2.38 bits per heavy atom. The lowest BCUT2D eigenvalue weighted by atomic mass is 10.7. The molecule has 0 bridgehead atoms. The number of carboxylic acids is 1. The minimum absolute atomic E-state index is 0.939. The first-order valence-electron chi connectivity index (χ1n) is 2.69. The van der Waals surface area contributed by atoms with E-state index in [-0.39, 0.29) is 0 Å². The van der Waals surface area contributed by atoms with E-state index in [1.165, 1.54) is 0 Å². The molecule has 0 aliphatic rings. The van der Waals surface area contributed by atoms with Crippen molar-refractivity contribution in [2.45, 2.75) is 5.25 Å². The zero-order valence-electron chi connectivity index (χ0n) is 6.03. The van der Waals surface area contributed by atoms with Crippen LogP contribution in [0.3, 0.4) is 0 Å². The van der Waals surface area contributed by atoms with Gasteiger partial charge in [0.25, 0.3) is 0 Å². The molecule has 0 radical (unpaired) electrons. The van der Waals surface area contributed by atoms with E-state index < -0.39 is 27.9 Å². The average molecular weight is 214 g/mol. The van der Waals surface area contributed by atoms with Gasteiger partial charge in [-0.25, -0.2) is 4.79 Å². The minimum Gasteiger partial charge on any atom is -0.476 e. The van der Waals surface area contributed by atoms with Crippen LogP contribution in [0.5, 0.6) is 0 Å². The number of hydrogen-bond donors (Lipinski definition) is 1. The van der Waals surface area contributed by atoms with Crippen molar-refractivity contribution >= 4 is 16.1 Å². The second kappa shape index (κ2) is 3.68. The van der Waals surface area contributed by atoms with E-state index in [0.717, 1.165) is 0 Å². The van der Waals surface area contributed by atoms with Crippen molar-refractivity contribution in [1.82, 2.24) is 0 Å². The van der Waals surface area contributed by atoms with Crippen LogP contribution in [-0.4, -0.2) is 31.4 Å². The molecule has 0 rings (SSSR count). The molecular formula is C5H4F2O5S. The SMILES string of the molecule is C#CCOS(=O)(=O)C(F)(F)C(=O)O. The van der Waals surface area contributed by atoms with Crippen molar-refractivity contribution in [2.75, 3.05) is 6.61 Å². The Labute approximate surface area is 72.4 Å². The van der Waals surface area contributed by atoms with E-state index in [0.29, 0.717) is 0 Å². The molecule has 0 aliphatic carbocycles. The van der Waals surface area contributed by atoms with Crippen LogP contribution < -0.4 is 0 Å². The number of terminal acetylenes is 1. The quantitative estimate of drug-likeness (QED) is 0.510. The highest BCUT2D eigenvalue weighted by Crippen LogP contribution is 2.23. The van der Waals surface area contributed by atoms with Crippen LogP contribution in [0.2, 0.25) is 0 Å². The number of alkyl halides is 2. The van der Waals surface area contributed by atoms with Crippen LogP contribution in [0.1, 0.15) is 0 Å². The molecule has 0 aromatic heterocycles. The van der Waals surface area contributed by atoms with E-state index >= 15 is 0 Å². The fourth-order valence-corrected chi connectivity index (χ4v) is 0.878. The van der Waals surface area contributed by atoms with Gasteiger partial charge < -0.3 is 5.11 Å². The summed E-state index contributed by atoms with van der Waals surface area (Å²) in [6, 6.07) is 0. The molecule has 0 saturated heterocycles. The monoisotopic (exact) mass is 214 g/mol. The Balaban J connectivity index is 4.86. The highest BCUT2D eigenvalue weighted by atomic mass is 32.2. The van der Waals surface area contributed by atoms with Gasteiger partial charge in [-0.1, -0.05) is 5.92 Å². The highest BCUT2D eigenvalue weighted by Gasteiger charge is 2.54. The molecule has 13 heavy (non-hydrogen) atoms. The minimum atomic E-state index is -5.50. The van der Waals surface area contributed by atoms with Crippen LogP contribution in [0.4, 0.5) is 8.78 Å². The molecule has 0 heterocycles. The van der Waals surface area contributed by atoms with Gasteiger partial charge in [-0.2, -0.15) is 17.2 Å². The van der Waals surface area contributed by atoms with Gasteiger partial charge in [-0.05, 0) is 0 Å². The average Bonchev–Trinajstić information content (AvgIpc) is 2.00. The van der Waals surface area contributed by atoms with E-state index in [9.17, 15) is 22.0 Å². The van der Waals surface area contributed by atoms with E-state index in [1.54, 1.807) is 5.92 Å². The topological polar surface area (TPSA) is 80.7 Å². The maximum Gasteiger partial charge on any atom is 0.465 e. The molecule has 8 heteroatoms. The van der Waals surface area contributed by atoms with Crippen molar-refractivity contribution in [3.63, 3.8) is 0 Å². The molecule has 0 atom stereocenters. The summed E-state index contributed by atoms with van der Waals surface area (Å²) < 4.78 is 48.9. The zero-order valence-corrected chi connectivity index (χ0v) is 6.85. The van der Waals surface area contributed by atoms with Crippen LogP contribution in [0.15, 0.2) is 0 Å². The third-order valence-corrected chi connectivity index (χ3v) is 2.09. The number of rotatable bonds is 4. The molecule has 0 aromatic carbocycles. The van der Waals surface area contributed by atoms with Crippen LogP contribution in [0, 0.1) is 12.3 Å². The first-order chi connectivity index (χ1) is 5.75. The second-order valence-electron chi connectivity index (χ2n) is 1.74. The predicted molar refractivity (Wildman–Crippen MR) is 36.3 cm³/mol. The molecular weight excluding hydrogens is 210 g/mol. The smallest absolute Gasteiger partial charge is 0.465 e. The Morgan fingerprint density at radius 2 is 2.08 bits per heavy atom. The number of hydrogen-bond acceptors (Lipinski definition) is 4. The largest absolute Gasteiger partial charge is 0.476 e. The summed E-state index contributed by atoms with van der Waals surface area (Å²) in [7, 11) is -5.50. The first-order valence-corrected chi connectivity index (χ1v) is 4.10. The fraction of sp³-hybridized carbons (Fsp3) is 0.400. The molecule has 0 saturated carbocycles. The molecule has 0 spiro atoms. The third-order valence-electron chi connectivity index (χ3n) is 0.860. The van der Waals surface area contributed by atoms with Gasteiger partial charge in [0.2, 0.25) is 0 Å². The number of carboxylic acid groups (broad SMARTS) is 1. The van der Waals surface area contributed by atoms with Crippen molar-refractivity contribution in [3.8, 4) is 12.3 Å². The molecule has 0 unspecified atom stereocenters. The molecule has 0 amide bonds. The molecule has 0 fully saturated rings. The summed E-state index contributed by atoms with van der Waals surface area (Å²) in [6.45, 7) is -0.939.